The van der Waals surface area contributed by atoms with Crippen LogP contribution in [0.25, 0.3) is 0 Å². The average Bonchev–Trinajstić information content (AvgIpc) is 2.84. The number of alkyl halides is 3. The second kappa shape index (κ2) is 10.8. The van der Waals surface area contributed by atoms with Gasteiger partial charge in [-0.25, -0.2) is 0 Å². The maximum atomic E-state index is 13.6. The van der Waals surface area contributed by atoms with Crippen molar-refractivity contribution < 1.29 is 22.7 Å². The van der Waals surface area contributed by atoms with Gasteiger partial charge in [0.25, 0.3) is 0 Å². The van der Waals surface area contributed by atoms with Gasteiger partial charge in [-0.05, 0) is 68.2 Å². The number of methoxy groups -OCH3 is 1. The van der Waals surface area contributed by atoms with Crippen LogP contribution >= 0.6 is 24.2 Å². The van der Waals surface area contributed by atoms with Gasteiger partial charge in [0.2, 0.25) is 5.91 Å². The van der Waals surface area contributed by atoms with Crippen LogP contribution in [0.4, 0.5) is 18.9 Å². The number of hydrogen-bond acceptors (Lipinski definition) is 4. The number of amides is 1. The molecule has 0 unspecified atom stereocenters. The molecular weight excluding hydrogens is 461 g/mol. The Balaban J connectivity index is 0.00000363. The fourth-order valence-corrected chi connectivity index (χ4v) is 4.83. The third kappa shape index (κ3) is 5.71. The lowest BCUT2D eigenvalue weighted by atomic mass is 9.88. The highest BCUT2D eigenvalue weighted by Crippen LogP contribution is 2.41. The highest BCUT2D eigenvalue weighted by Gasteiger charge is 2.39. The van der Waals surface area contributed by atoms with Crippen LogP contribution in [0.1, 0.15) is 22.6 Å². The van der Waals surface area contributed by atoms with Crippen molar-refractivity contribution in [2.75, 3.05) is 45.5 Å². The van der Waals surface area contributed by atoms with Gasteiger partial charge >= 0.3 is 6.18 Å². The number of hydrogen-bond donors (Lipinski definition) is 0. The maximum absolute atomic E-state index is 13.6. The van der Waals surface area contributed by atoms with Crippen molar-refractivity contribution in [3.8, 4) is 5.75 Å². The summed E-state index contributed by atoms with van der Waals surface area (Å²) in [4.78, 5) is 17.2. The minimum absolute atomic E-state index is 0. The number of ether oxygens (including phenoxy) is 1. The molecule has 176 valence electrons. The summed E-state index contributed by atoms with van der Waals surface area (Å²) in [7, 11) is 5.39. The normalized spacial score (nSPS) is 18.8. The Hall–Kier alpha value is -1.90. The smallest absolute Gasteiger partial charge is 0.416 e. The summed E-state index contributed by atoms with van der Waals surface area (Å²) >= 11 is 1.44. The molecule has 0 spiro atoms. The van der Waals surface area contributed by atoms with Crippen LogP contribution < -0.4 is 9.64 Å². The molecule has 0 saturated heterocycles. The van der Waals surface area contributed by atoms with Gasteiger partial charge in [-0.1, -0.05) is 12.1 Å². The van der Waals surface area contributed by atoms with Crippen molar-refractivity contribution in [2.24, 2.45) is 0 Å². The van der Waals surface area contributed by atoms with Gasteiger partial charge in [-0.15, -0.1) is 12.4 Å². The van der Waals surface area contributed by atoms with Crippen molar-refractivity contribution >= 4 is 35.8 Å². The van der Waals surface area contributed by atoms with Crippen molar-refractivity contribution in [3.05, 3.63) is 59.2 Å². The Morgan fingerprint density at radius 2 is 1.81 bits per heavy atom. The maximum Gasteiger partial charge on any atom is 0.416 e. The van der Waals surface area contributed by atoms with Crippen molar-refractivity contribution in [1.29, 1.82) is 0 Å². The SMILES string of the molecule is COc1ccc([C@@H]2Cc3cc(C(F)(F)F)ccc3N(CCN(C)C)C(=O)[C@H]2SC)cc1.Cl. The van der Waals surface area contributed by atoms with Crippen molar-refractivity contribution in [2.45, 2.75) is 23.8 Å². The fourth-order valence-electron chi connectivity index (χ4n) is 3.92. The molecule has 2 atom stereocenters. The van der Waals surface area contributed by atoms with Crippen molar-refractivity contribution in [3.63, 3.8) is 0 Å². The number of thioether (sulfide) groups is 1. The first kappa shape index (κ1) is 26.4. The quantitative estimate of drug-likeness (QED) is 0.566. The van der Waals surface area contributed by atoms with E-state index in [0.717, 1.165) is 11.6 Å². The lowest BCUT2D eigenvalue weighted by Gasteiger charge is -2.28. The molecule has 2 aromatic rings. The van der Waals surface area contributed by atoms with Gasteiger partial charge in [-0.2, -0.15) is 24.9 Å². The highest BCUT2D eigenvalue weighted by molar-refractivity contribution is 8.00. The van der Waals surface area contributed by atoms with Crippen LogP contribution in [0.15, 0.2) is 42.5 Å². The lowest BCUT2D eigenvalue weighted by Crippen LogP contribution is -2.42. The molecule has 1 aliphatic rings. The molecule has 0 radical (unpaired) electrons. The molecule has 2 aromatic carbocycles. The van der Waals surface area contributed by atoms with Crippen LogP contribution in [0.2, 0.25) is 0 Å². The van der Waals surface area contributed by atoms with Crippen LogP contribution in [-0.2, 0) is 17.4 Å². The van der Waals surface area contributed by atoms with E-state index in [1.807, 2.05) is 49.5 Å². The Labute approximate surface area is 197 Å². The number of carbonyl (C=O) groups excluding carboxylic acids is 1. The van der Waals surface area contributed by atoms with Gasteiger partial charge in [0.1, 0.15) is 5.75 Å². The summed E-state index contributed by atoms with van der Waals surface area (Å²) in [6.07, 6.45) is -2.21. The second-order valence-electron chi connectivity index (χ2n) is 7.87. The van der Waals surface area contributed by atoms with E-state index < -0.39 is 17.0 Å². The summed E-state index contributed by atoms with van der Waals surface area (Å²) in [5.74, 6) is 0.366. The van der Waals surface area contributed by atoms with E-state index in [2.05, 4.69) is 0 Å². The molecule has 4 nitrogen and oxygen atoms in total. The number of likely N-dealkylation sites (N-methyl/N-ethyl adjacent to an activating group) is 1. The molecule has 1 aliphatic heterocycles. The van der Waals surface area contributed by atoms with E-state index in [4.69, 9.17) is 4.74 Å². The predicted molar refractivity (Wildman–Crippen MR) is 126 cm³/mol. The summed E-state index contributed by atoms with van der Waals surface area (Å²) < 4.78 is 45.5. The number of benzene rings is 2. The number of nitrogens with zero attached hydrogens (tertiary/aromatic N) is 2. The monoisotopic (exact) mass is 488 g/mol. The number of rotatable bonds is 6. The molecule has 0 N–H and O–H groups in total. The van der Waals surface area contributed by atoms with Crippen molar-refractivity contribution in [1.82, 2.24) is 4.90 Å². The molecular formula is C23H28ClF3N2O2S. The van der Waals surface area contributed by atoms with Crippen LogP contribution in [0.5, 0.6) is 5.75 Å². The zero-order valence-corrected chi connectivity index (χ0v) is 20.1. The van der Waals surface area contributed by atoms with Gasteiger partial charge < -0.3 is 14.5 Å². The first-order chi connectivity index (χ1) is 14.7. The van der Waals surface area contributed by atoms with E-state index >= 15 is 0 Å². The number of fused-ring (bicyclic) bond motifs is 1. The summed E-state index contributed by atoms with van der Waals surface area (Å²) in [6.45, 7) is 1.02. The molecule has 0 fully saturated rings. The van der Waals surface area contributed by atoms with Crippen LogP contribution in [0, 0.1) is 0 Å². The van der Waals surface area contributed by atoms with E-state index in [9.17, 15) is 18.0 Å². The standard InChI is InChI=1S/C23H27F3N2O2S.ClH/c1-27(2)11-12-28-20-10-7-17(23(24,25)26)13-16(20)14-19(21(31-4)22(28)29)15-5-8-18(30-3)9-6-15;/h5-10,13,19,21H,11-12,14H2,1-4H3;1H/t19-,21-;/m0./s1. The number of carbonyl (C=O) groups is 1. The lowest BCUT2D eigenvalue weighted by molar-refractivity contribution is -0.137. The largest absolute Gasteiger partial charge is 0.497 e. The Bertz CT molecular complexity index is 922. The molecule has 3 rings (SSSR count). The predicted octanol–water partition coefficient (Wildman–Crippen LogP) is 5.10. The van der Waals surface area contributed by atoms with E-state index in [1.165, 1.54) is 23.9 Å². The minimum Gasteiger partial charge on any atom is -0.497 e. The molecule has 1 heterocycles. The third-order valence-electron chi connectivity index (χ3n) is 5.58. The molecule has 0 aliphatic carbocycles. The van der Waals surface area contributed by atoms with E-state index in [-0.39, 0.29) is 24.2 Å². The summed E-state index contributed by atoms with van der Waals surface area (Å²) in [5, 5.41) is -0.405. The first-order valence-electron chi connectivity index (χ1n) is 9.98. The first-order valence-corrected chi connectivity index (χ1v) is 11.3. The van der Waals surface area contributed by atoms with E-state index in [0.29, 0.717) is 36.5 Å². The van der Waals surface area contributed by atoms with Crippen LogP contribution in [-0.4, -0.2) is 56.6 Å². The molecule has 0 saturated carbocycles. The zero-order valence-electron chi connectivity index (χ0n) is 18.5. The topological polar surface area (TPSA) is 32.8 Å². The Morgan fingerprint density at radius 3 is 2.34 bits per heavy atom. The summed E-state index contributed by atoms with van der Waals surface area (Å²) in [6, 6.07) is 11.1. The molecule has 9 heteroatoms. The molecule has 0 aromatic heterocycles. The second-order valence-corrected chi connectivity index (χ2v) is 8.85. The minimum atomic E-state index is -4.44. The molecule has 32 heavy (non-hydrogen) atoms. The van der Waals surface area contributed by atoms with Gasteiger partial charge in [-0.3, -0.25) is 4.79 Å². The molecule has 0 bridgehead atoms. The zero-order chi connectivity index (χ0) is 22.8. The Kier molecular flexibility index (Phi) is 8.90. The highest BCUT2D eigenvalue weighted by atomic mass is 35.5. The van der Waals surface area contributed by atoms with Gasteiger partial charge in [0.05, 0.1) is 17.9 Å². The summed E-state index contributed by atoms with van der Waals surface area (Å²) in [5.41, 5.74) is 1.32. The van der Waals surface area contributed by atoms with E-state index in [1.54, 1.807) is 12.0 Å². The number of anilines is 1. The average molecular weight is 489 g/mol. The van der Waals surface area contributed by atoms with Gasteiger partial charge in [0.15, 0.2) is 0 Å². The molecule has 1 amide bonds. The fraction of sp³-hybridized carbons (Fsp3) is 0.435. The third-order valence-corrected chi connectivity index (χ3v) is 6.62. The van der Waals surface area contributed by atoms with Crippen LogP contribution in [0.3, 0.4) is 0 Å². The van der Waals surface area contributed by atoms with Gasteiger partial charge in [0, 0.05) is 24.7 Å². The Morgan fingerprint density at radius 1 is 1.16 bits per heavy atom. The number of halogens is 4.